The van der Waals surface area contributed by atoms with Gasteiger partial charge in [0.25, 0.3) is 5.56 Å². The molecule has 1 aliphatic carbocycles. The summed E-state index contributed by atoms with van der Waals surface area (Å²) in [5.41, 5.74) is 0.690. The minimum atomic E-state index is -0.112. The summed E-state index contributed by atoms with van der Waals surface area (Å²) in [7, 11) is 0. The van der Waals surface area contributed by atoms with Gasteiger partial charge in [-0.3, -0.25) is 4.79 Å². The molecule has 1 N–H and O–H groups in total. The van der Waals surface area contributed by atoms with Crippen molar-refractivity contribution in [2.75, 3.05) is 5.32 Å². The Balaban J connectivity index is 2.14. The molecule has 0 radical (unpaired) electrons. The van der Waals surface area contributed by atoms with Crippen LogP contribution in [-0.4, -0.2) is 15.8 Å². The van der Waals surface area contributed by atoms with Crippen LogP contribution in [0.4, 0.5) is 5.69 Å². The number of rotatable bonds is 4. The molecule has 0 aromatic carbocycles. The Morgan fingerprint density at radius 2 is 2.11 bits per heavy atom. The van der Waals surface area contributed by atoms with Gasteiger partial charge in [0, 0.05) is 6.04 Å². The maximum absolute atomic E-state index is 12.1. The summed E-state index contributed by atoms with van der Waals surface area (Å²) in [5, 5.41) is 7.61. The molecular formula is C14H20BrN3O. The van der Waals surface area contributed by atoms with Crippen molar-refractivity contribution in [1.29, 1.82) is 0 Å². The summed E-state index contributed by atoms with van der Waals surface area (Å²) in [6.07, 6.45) is 10.9. The fourth-order valence-electron chi connectivity index (χ4n) is 2.46. The van der Waals surface area contributed by atoms with E-state index in [1.165, 1.54) is 43.2 Å². The molecule has 1 saturated carbocycles. The third-order valence-electron chi connectivity index (χ3n) is 3.50. The molecule has 2 rings (SSSR count). The highest BCUT2D eigenvalue weighted by atomic mass is 79.9. The number of nitrogens with zero attached hydrogens (tertiary/aromatic N) is 2. The van der Waals surface area contributed by atoms with E-state index < -0.39 is 0 Å². The molecule has 0 bridgehead atoms. The maximum Gasteiger partial charge on any atom is 0.283 e. The molecular weight excluding hydrogens is 306 g/mol. The molecule has 1 fully saturated rings. The van der Waals surface area contributed by atoms with Crippen molar-refractivity contribution in [3.63, 3.8) is 0 Å². The van der Waals surface area contributed by atoms with E-state index >= 15 is 0 Å². The molecule has 0 aliphatic heterocycles. The van der Waals surface area contributed by atoms with Crippen molar-refractivity contribution < 1.29 is 0 Å². The van der Waals surface area contributed by atoms with Crippen molar-refractivity contribution in [3.05, 3.63) is 33.7 Å². The Morgan fingerprint density at radius 1 is 1.42 bits per heavy atom. The Hall–Kier alpha value is -1.10. The average molecular weight is 326 g/mol. The number of hydrogen-bond acceptors (Lipinski definition) is 3. The lowest BCUT2D eigenvalue weighted by Gasteiger charge is -2.18. The molecule has 104 valence electrons. The maximum atomic E-state index is 12.1. The molecule has 5 heteroatoms. The van der Waals surface area contributed by atoms with E-state index in [1.54, 1.807) is 12.3 Å². The van der Waals surface area contributed by atoms with Crippen LogP contribution in [0.5, 0.6) is 0 Å². The van der Waals surface area contributed by atoms with Crippen LogP contribution in [0.1, 0.15) is 38.5 Å². The molecule has 0 atom stereocenters. The van der Waals surface area contributed by atoms with Gasteiger partial charge < -0.3 is 5.32 Å². The summed E-state index contributed by atoms with van der Waals surface area (Å²) in [6.45, 7) is 4.05. The Morgan fingerprint density at radius 3 is 2.74 bits per heavy atom. The van der Waals surface area contributed by atoms with E-state index in [0.717, 1.165) is 5.69 Å². The second kappa shape index (κ2) is 6.89. The van der Waals surface area contributed by atoms with Gasteiger partial charge in [-0.1, -0.05) is 31.8 Å². The van der Waals surface area contributed by atoms with Crippen LogP contribution in [0.15, 0.2) is 28.1 Å². The monoisotopic (exact) mass is 325 g/mol. The summed E-state index contributed by atoms with van der Waals surface area (Å²) < 4.78 is 1.96. The largest absolute Gasteiger partial charge is 0.380 e. The molecule has 1 aromatic heterocycles. The summed E-state index contributed by atoms with van der Waals surface area (Å²) in [6, 6.07) is 0.454. The first-order valence-electron chi connectivity index (χ1n) is 6.85. The Bertz CT molecular complexity index is 490. The number of halogens is 1. The van der Waals surface area contributed by atoms with Crippen LogP contribution in [0, 0.1) is 0 Å². The zero-order valence-corrected chi connectivity index (χ0v) is 12.7. The fourth-order valence-corrected chi connectivity index (χ4v) is 2.88. The number of aromatic nitrogens is 2. The van der Waals surface area contributed by atoms with Crippen LogP contribution < -0.4 is 10.9 Å². The predicted molar refractivity (Wildman–Crippen MR) is 81.5 cm³/mol. The smallest absolute Gasteiger partial charge is 0.283 e. The van der Waals surface area contributed by atoms with Crippen LogP contribution in [0.2, 0.25) is 0 Å². The van der Waals surface area contributed by atoms with Crippen LogP contribution in [-0.2, 0) is 6.54 Å². The first-order valence-corrected chi connectivity index (χ1v) is 7.64. The van der Waals surface area contributed by atoms with E-state index in [2.05, 4.69) is 32.9 Å². The Labute approximate surface area is 122 Å². The quantitative estimate of drug-likeness (QED) is 0.682. The van der Waals surface area contributed by atoms with Gasteiger partial charge in [-0.05, 0) is 28.8 Å². The molecule has 4 nitrogen and oxygen atoms in total. The van der Waals surface area contributed by atoms with Gasteiger partial charge in [0.2, 0.25) is 0 Å². The van der Waals surface area contributed by atoms with Crippen molar-refractivity contribution in [3.8, 4) is 0 Å². The first kappa shape index (κ1) is 14.3. The summed E-state index contributed by atoms with van der Waals surface area (Å²) in [4.78, 5) is 12.1. The topological polar surface area (TPSA) is 46.9 Å². The third-order valence-corrected chi connectivity index (χ3v) is 4.27. The molecule has 0 amide bonds. The van der Waals surface area contributed by atoms with Crippen molar-refractivity contribution >= 4 is 21.6 Å². The lowest BCUT2D eigenvalue weighted by Crippen LogP contribution is -2.26. The molecule has 19 heavy (non-hydrogen) atoms. The molecule has 0 unspecified atom stereocenters. The SMILES string of the molecule is C=CCn1ncc(NC2CCCCCC2)c(Br)c1=O. The molecule has 0 saturated heterocycles. The van der Waals surface area contributed by atoms with Gasteiger partial charge in [0.15, 0.2) is 0 Å². The first-order chi connectivity index (χ1) is 9.22. The lowest BCUT2D eigenvalue weighted by atomic mass is 10.1. The number of hydrogen-bond donors (Lipinski definition) is 1. The van der Waals surface area contributed by atoms with Crippen molar-refractivity contribution in [2.24, 2.45) is 0 Å². The minimum Gasteiger partial charge on any atom is -0.380 e. The van der Waals surface area contributed by atoms with E-state index in [0.29, 0.717) is 17.1 Å². The summed E-state index contributed by atoms with van der Waals surface area (Å²) >= 11 is 3.38. The van der Waals surface area contributed by atoms with E-state index in [-0.39, 0.29) is 5.56 Å². The van der Waals surface area contributed by atoms with Crippen molar-refractivity contribution in [2.45, 2.75) is 51.1 Å². The standard InChI is InChI=1S/C14H20BrN3O/c1-2-9-18-14(19)13(15)12(10-16-18)17-11-7-5-3-4-6-8-11/h2,10-11,17H,1,3-9H2. The summed E-state index contributed by atoms with van der Waals surface area (Å²) in [5.74, 6) is 0. The van der Waals surface area contributed by atoms with E-state index in [4.69, 9.17) is 0 Å². The highest BCUT2D eigenvalue weighted by Gasteiger charge is 2.15. The molecule has 1 aromatic rings. The highest BCUT2D eigenvalue weighted by Crippen LogP contribution is 2.23. The molecule has 0 spiro atoms. The number of allylic oxidation sites excluding steroid dienone is 1. The van der Waals surface area contributed by atoms with Crippen molar-refractivity contribution in [1.82, 2.24) is 9.78 Å². The van der Waals surface area contributed by atoms with E-state index in [9.17, 15) is 4.79 Å². The van der Waals surface area contributed by atoms with Gasteiger partial charge in [-0.15, -0.1) is 6.58 Å². The minimum absolute atomic E-state index is 0.112. The van der Waals surface area contributed by atoms with Gasteiger partial charge >= 0.3 is 0 Å². The zero-order chi connectivity index (χ0) is 13.7. The number of nitrogens with one attached hydrogen (secondary N) is 1. The lowest BCUT2D eigenvalue weighted by molar-refractivity contribution is 0.612. The fraction of sp³-hybridized carbons (Fsp3) is 0.571. The molecule has 1 heterocycles. The van der Waals surface area contributed by atoms with Crippen LogP contribution in [0.3, 0.4) is 0 Å². The van der Waals surface area contributed by atoms with Gasteiger partial charge in [0.05, 0.1) is 18.4 Å². The average Bonchev–Trinajstić information content (AvgIpc) is 2.67. The van der Waals surface area contributed by atoms with Gasteiger partial charge in [0.1, 0.15) is 4.47 Å². The van der Waals surface area contributed by atoms with Gasteiger partial charge in [-0.25, -0.2) is 4.68 Å². The number of anilines is 1. The highest BCUT2D eigenvalue weighted by molar-refractivity contribution is 9.10. The zero-order valence-electron chi connectivity index (χ0n) is 11.1. The van der Waals surface area contributed by atoms with E-state index in [1.807, 2.05) is 0 Å². The molecule has 1 aliphatic rings. The van der Waals surface area contributed by atoms with Crippen LogP contribution >= 0.6 is 15.9 Å². The predicted octanol–water partition coefficient (Wildman–Crippen LogP) is 3.33. The second-order valence-corrected chi connectivity index (χ2v) is 5.77. The second-order valence-electron chi connectivity index (χ2n) is 4.98. The van der Waals surface area contributed by atoms with Gasteiger partial charge in [-0.2, -0.15) is 5.10 Å². The Kier molecular flexibility index (Phi) is 5.19. The third kappa shape index (κ3) is 3.69. The normalized spacial score (nSPS) is 16.9. The van der Waals surface area contributed by atoms with Crippen LogP contribution in [0.25, 0.3) is 0 Å².